The van der Waals surface area contributed by atoms with E-state index >= 15 is 0 Å². The van der Waals surface area contributed by atoms with Crippen LogP contribution in [0.3, 0.4) is 0 Å². The number of benzene rings is 1. The van der Waals surface area contributed by atoms with Gasteiger partial charge in [-0.2, -0.15) is 5.26 Å². The fraction of sp³-hybridized carbons (Fsp3) is 0.667. The molecule has 158 valence electrons. The highest BCUT2D eigenvalue weighted by molar-refractivity contribution is 5.85. The maximum absolute atomic E-state index is 12.4. The first kappa shape index (κ1) is 21.8. The largest absolute Gasteiger partial charge is 0.385 e. The molecule has 0 radical (unpaired) electrons. The lowest BCUT2D eigenvalue weighted by molar-refractivity contribution is -0.128. The summed E-state index contributed by atoms with van der Waals surface area (Å²) < 4.78 is 0. The van der Waals surface area contributed by atoms with Gasteiger partial charge in [0.15, 0.2) is 5.78 Å². The van der Waals surface area contributed by atoms with Gasteiger partial charge in [0, 0.05) is 36.8 Å². The summed E-state index contributed by atoms with van der Waals surface area (Å²) in [5.74, 6) is 1.74. The minimum atomic E-state index is -0.241. The number of fused-ring (bicyclic) bond motifs is 2. The Balaban J connectivity index is 1.43. The molecular formula is C24H36N4O. The number of carbonyl (C=O) groups is 1. The Morgan fingerprint density at radius 1 is 1.21 bits per heavy atom. The zero-order valence-electron chi connectivity index (χ0n) is 18.4. The number of hydrogen-bond acceptors (Lipinski definition) is 5. The van der Waals surface area contributed by atoms with Crippen LogP contribution in [0.4, 0.5) is 5.69 Å². The Kier molecular flexibility index (Phi) is 6.97. The Labute approximate surface area is 176 Å². The van der Waals surface area contributed by atoms with Crippen LogP contribution in [0.25, 0.3) is 0 Å². The van der Waals surface area contributed by atoms with Crippen LogP contribution in [0.5, 0.6) is 0 Å². The average molecular weight is 397 g/mol. The third-order valence-electron chi connectivity index (χ3n) is 6.60. The van der Waals surface area contributed by atoms with Gasteiger partial charge in [0.25, 0.3) is 0 Å². The number of nitrogens with zero attached hydrogens (tertiary/aromatic N) is 3. The van der Waals surface area contributed by atoms with Crippen molar-refractivity contribution >= 4 is 11.5 Å². The molecule has 2 aliphatic rings. The molecule has 2 fully saturated rings. The number of nitriles is 1. The standard InChI is InChI=1S/C24H36N4O/c1-24(2,3)22(29)17-28-15-19-8-9-20(16-28)23(19)27(4)13-5-12-26-21-10-6-18(14-25)7-11-21/h6-7,10-11,19-20,23,26H,5,8-9,12-13,15-17H2,1-4H3. The number of likely N-dealkylation sites (tertiary alicyclic amines) is 1. The SMILES string of the molecule is CN(CCCNc1ccc(C#N)cc1)C1C2CCC1CN(CC(=O)C(C)(C)C)C2. The van der Waals surface area contributed by atoms with Crippen LogP contribution in [-0.2, 0) is 4.79 Å². The molecule has 1 aliphatic heterocycles. The zero-order valence-corrected chi connectivity index (χ0v) is 18.4. The van der Waals surface area contributed by atoms with E-state index in [4.69, 9.17) is 5.26 Å². The van der Waals surface area contributed by atoms with Crippen molar-refractivity contribution in [3.8, 4) is 6.07 Å². The highest BCUT2D eigenvalue weighted by atomic mass is 16.1. The molecular weight excluding hydrogens is 360 g/mol. The number of piperidine rings is 1. The first-order valence-electron chi connectivity index (χ1n) is 11.0. The number of nitrogens with one attached hydrogen (secondary N) is 1. The summed E-state index contributed by atoms with van der Waals surface area (Å²) in [5.41, 5.74) is 1.53. The summed E-state index contributed by atoms with van der Waals surface area (Å²) in [5, 5.41) is 12.3. The summed E-state index contributed by atoms with van der Waals surface area (Å²) in [6.07, 6.45) is 3.69. The van der Waals surface area contributed by atoms with E-state index in [1.54, 1.807) is 0 Å². The van der Waals surface area contributed by atoms with E-state index in [2.05, 4.69) is 28.2 Å². The Morgan fingerprint density at radius 3 is 2.38 bits per heavy atom. The number of rotatable bonds is 8. The van der Waals surface area contributed by atoms with E-state index in [1.165, 1.54) is 12.8 Å². The van der Waals surface area contributed by atoms with Gasteiger partial charge in [-0.1, -0.05) is 20.8 Å². The smallest absolute Gasteiger partial charge is 0.152 e. The Hall–Kier alpha value is -1.90. The summed E-state index contributed by atoms with van der Waals surface area (Å²) in [7, 11) is 2.27. The van der Waals surface area contributed by atoms with E-state index in [-0.39, 0.29) is 5.41 Å². The highest BCUT2D eigenvalue weighted by Gasteiger charge is 2.44. The molecule has 0 spiro atoms. The number of hydrogen-bond donors (Lipinski definition) is 1. The maximum Gasteiger partial charge on any atom is 0.152 e. The molecule has 1 aromatic carbocycles. The summed E-state index contributed by atoms with van der Waals surface area (Å²) in [6, 6.07) is 10.5. The molecule has 1 saturated carbocycles. The molecule has 2 unspecified atom stereocenters. The van der Waals surface area contributed by atoms with Crippen molar-refractivity contribution in [2.45, 2.75) is 46.1 Å². The van der Waals surface area contributed by atoms with E-state index in [0.29, 0.717) is 35.8 Å². The monoisotopic (exact) mass is 396 g/mol. The predicted molar refractivity (Wildman–Crippen MR) is 118 cm³/mol. The van der Waals surface area contributed by atoms with Gasteiger partial charge < -0.3 is 10.2 Å². The van der Waals surface area contributed by atoms with E-state index in [1.807, 2.05) is 45.0 Å². The fourth-order valence-electron chi connectivity index (χ4n) is 4.95. The molecule has 2 atom stereocenters. The van der Waals surface area contributed by atoms with Crippen molar-refractivity contribution in [3.05, 3.63) is 29.8 Å². The Morgan fingerprint density at radius 2 is 1.83 bits per heavy atom. The summed E-state index contributed by atoms with van der Waals surface area (Å²) in [6.45, 7) is 10.8. The minimum absolute atomic E-state index is 0.241. The number of ketones is 1. The number of Topliss-reactive ketones (excluding diaryl/α,β-unsaturated/α-hetero) is 1. The van der Waals surface area contributed by atoms with E-state index in [0.717, 1.165) is 38.3 Å². The fourth-order valence-corrected chi connectivity index (χ4v) is 4.95. The molecule has 1 N–H and O–H groups in total. The van der Waals surface area contributed by atoms with Gasteiger partial charge >= 0.3 is 0 Å². The quantitative estimate of drug-likeness (QED) is 0.680. The molecule has 1 heterocycles. The van der Waals surface area contributed by atoms with Crippen LogP contribution in [0.2, 0.25) is 0 Å². The van der Waals surface area contributed by atoms with Gasteiger partial charge in [0.05, 0.1) is 18.2 Å². The molecule has 5 nitrogen and oxygen atoms in total. The molecule has 1 aromatic rings. The number of carbonyl (C=O) groups excluding carboxylic acids is 1. The normalized spacial score (nSPS) is 24.5. The van der Waals surface area contributed by atoms with Crippen LogP contribution in [0, 0.1) is 28.6 Å². The lowest BCUT2D eigenvalue weighted by Gasteiger charge is -2.42. The van der Waals surface area contributed by atoms with Crippen molar-refractivity contribution in [1.29, 1.82) is 5.26 Å². The van der Waals surface area contributed by atoms with Crippen molar-refractivity contribution in [2.24, 2.45) is 17.3 Å². The van der Waals surface area contributed by atoms with Crippen molar-refractivity contribution in [2.75, 3.05) is 45.1 Å². The first-order chi connectivity index (χ1) is 13.8. The lowest BCUT2D eigenvalue weighted by Crippen LogP contribution is -2.53. The van der Waals surface area contributed by atoms with Gasteiger partial charge in [-0.25, -0.2) is 0 Å². The topological polar surface area (TPSA) is 59.4 Å². The van der Waals surface area contributed by atoms with Gasteiger partial charge in [0.2, 0.25) is 0 Å². The second-order valence-corrected chi connectivity index (χ2v) is 9.91. The zero-order chi connectivity index (χ0) is 21.0. The lowest BCUT2D eigenvalue weighted by atomic mass is 9.87. The van der Waals surface area contributed by atoms with Crippen LogP contribution in [-0.4, -0.2) is 61.4 Å². The molecule has 0 aromatic heterocycles. The molecule has 5 heteroatoms. The number of anilines is 1. The van der Waals surface area contributed by atoms with Crippen molar-refractivity contribution < 1.29 is 4.79 Å². The molecule has 1 saturated heterocycles. The summed E-state index contributed by atoms with van der Waals surface area (Å²) in [4.78, 5) is 17.4. The predicted octanol–water partition coefficient (Wildman–Crippen LogP) is 3.62. The van der Waals surface area contributed by atoms with E-state index in [9.17, 15) is 4.79 Å². The van der Waals surface area contributed by atoms with Crippen LogP contribution in [0.1, 0.15) is 45.6 Å². The van der Waals surface area contributed by atoms with Crippen LogP contribution >= 0.6 is 0 Å². The summed E-state index contributed by atoms with van der Waals surface area (Å²) >= 11 is 0. The molecule has 3 rings (SSSR count). The van der Waals surface area contributed by atoms with Gasteiger partial charge in [-0.15, -0.1) is 0 Å². The molecule has 1 aliphatic carbocycles. The van der Waals surface area contributed by atoms with Gasteiger partial charge in [-0.05, 0) is 69.0 Å². The Bertz CT molecular complexity index is 717. The molecule has 29 heavy (non-hydrogen) atoms. The first-order valence-corrected chi connectivity index (χ1v) is 11.0. The van der Waals surface area contributed by atoms with Crippen molar-refractivity contribution in [1.82, 2.24) is 9.80 Å². The third kappa shape index (κ3) is 5.58. The van der Waals surface area contributed by atoms with E-state index < -0.39 is 0 Å². The second-order valence-electron chi connectivity index (χ2n) is 9.91. The third-order valence-corrected chi connectivity index (χ3v) is 6.60. The average Bonchev–Trinajstić information content (AvgIpc) is 2.95. The minimum Gasteiger partial charge on any atom is -0.385 e. The maximum atomic E-state index is 12.4. The van der Waals surface area contributed by atoms with Crippen LogP contribution in [0.15, 0.2) is 24.3 Å². The second kappa shape index (κ2) is 9.28. The molecule has 0 amide bonds. The van der Waals surface area contributed by atoms with Gasteiger partial charge in [-0.3, -0.25) is 9.69 Å². The molecule has 2 bridgehead atoms. The van der Waals surface area contributed by atoms with Gasteiger partial charge in [0.1, 0.15) is 0 Å². The highest BCUT2D eigenvalue weighted by Crippen LogP contribution is 2.39. The van der Waals surface area contributed by atoms with Crippen molar-refractivity contribution in [3.63, 3.8) is 0 Å². The van der Waals surface area contributed by atoms with Crippen LogP contribution < -0.4 is 5.32 Å².